The maximum atomic E-state index is 12.4. The van der Waals surface area contributed by atoms with E-state index in [2.05, 4.69) is 0 Å². The zero-order valence-corrected chi connectivity index (χ0v) is 11.0. The van der Waals surface area contributed by atoms with Crippen LogP contribution in [0, 0.1) is 0 Å². The number of nitrogen functional groups attached to an aromatic ring is 1. The SMILES string of the molecule is CC(c1ccccc1N)N1C(=O)c2ccccc2C1=O. The van der Waals surface area contributed by atoms with Crippen LogP contribution in [0.1, 0.15) is 39.2 Å². The highest BCUT2D eigenvalue weighted by Gasteiger charge is 2.38. The highest BCUT2D eigenvalue weighted by Crippen LogP contribution is 2.32. The minimum atomic E-state index is -0.386. The van der Waals surface area contributed by atoms with Crippen LogP contribution in [0.4, 0.5) is 5.69 Å². The van der Waals surface area contributed by atoms with Gasteiger partial charge < -0.3 is 5.73 Å². The van der Waals surface area contributed by atoms with Crippen molar-refractivity contribution in [3.8, 4) is 0 Å². The summed E-state index contributed by atoms with van der Waals surface area (Å²) in [4.78, 5) is 26.1. The Hall–Kier alpha value is -2.62. The first-order chi connectivity index (χ1) is 9.61. The number of hydrogen-bond acceptors (Lipinski definition) is 3. The number of rotatable bonds is 2. The smallest absolute Gasteiger partial charge is 0.262 e. The minimum Gasteiger partial charge on any atom is -0.398 e. The van der Waals surface area contributed by atoms with Crippen LogP contribution in [0.2, 0.25) is 0 Å². The Labute approximate surface area is 116 Å². The van der Waals surface area contributed by atoms with Gasteiger partial charge in [-0.15, -0.1) is 0 Å². The summed E-state index contributed by atoms with van der Waals surface area (Å²) in [6.07, 6.45) is 0. The number of carbonyl (C=O) groups is 2. The Morgan fingerprint density at radius 1 is 0.900 bits per heavy atom. The number of anilines is 1. The second-order valence-electron chi connectivity index (χ2n) is 4.83. The summed E-state index contributed by atoms with van der Waals surface area (Å²) < 4.78 is 0. The molecule has 3 rings (SSSR count). The lowest BCUT2D eigenvalue weighted by Crippen LogP contribution is -2.32. The second-order valence-corrected chi connectivity index (χ2v) is 4.83. The highest BCUT2D eigenvalue weighted by molar-refractivity contribution is 6.21. The number of benzene rings is 2. The van der Waals surface area contributed by atoms with E-state index in [0.717, 1.165) is 5.56 Å². The lowest BCUT2D eigenvalue weighted by molar-refractivity contribution is 0.0596. The van der Waals surface area contributed by atoms with Gasteiger partial charge in [-0.2, -0.15) is 0 Å². The number of carbonyl (C=O) groups excluding carboxylic acids is 2. The molecular weight excluding hydrogens is 252 g/mol. The zero-order valence-electron chi connectivity index (χ0n) is 11.0. The number of fused-ring (bicyclic) bond motifs is 1. The van der Waals surface area contributed by atoms with Gasteiger partial charge in [-0.25, -0.2) is 0 Å². The van der Waals surface area contributed by atoms with Crippen molar-refractivity contribution in [1.82, 2.24) is 4.90 Å². The summed E-state index contributed by atoms with van der Waals surface area (Å²) in [7, 11) is 0. The van der Waals surface area contributed by atoms with Gasteiger partial charge in [0.05, 0.1) is 17.2 Å². The standard InChI is InChI=1S/C16H14N2O2/c1-10(11-6-4-5-9-14(11)17)18-15(19)12-7-2-3-8-13(12)16(18)20/h2-10H,17H2,1H3. The van der Waals surface area contributed by atoms with Crippen LogP contribution in [0.5, 0.6) is 0 Å². The van der Waals surface area contributed by atoms with Crippen molar-refractivity contribution in [2.24, 2.45) is 0 Å². The van der Waals surface area contributed by atoms with Crippen molar-refractivity contribution < 1.29 is 9.59 Å². The summed E-state index contributed by atoms with van der Waals surface area (Å²) in [5, 5.41) is 0. The Morgan fingerprint density at radius 2 is 1.40 bits per heavy atom. The maximum absolute atomic E-state index is 12.4. The summed E-state index contributed by atoms with van der Waals surface area (Å²) in [6, 6.07) is 13.8. The Balaban J connectivity index is 2.03. The Morgan fingerprint density at radius 3 is 1.95 bits per heavy atom. The van der Waals surface area contributed by atoms with E-state index in [0.29, 0.717) is 16.8 Å². The van der Waals surface area contributed by atoms with Crippen LogP contribution in [-0.2, 0) is 0 Å². The van der Waals surface area contributed by atoms with Crippen molar-refractivity contribution in [2.75, 3.05) is 5.73 Å². The molecule has 0 spiro atoms. The lowest BCUT2D eigenvalue weighted by atomic mass is 10.1. The van der Waals surface area contributed by atoms with E-state index in [9.17, 15) is 9.59 Å². The summed E-state index contributed by atoms with van der Waals surface area (Å²) in [5.41, 5.74) is 8.21. The number of para-hydroxylation sites is 1. The van der Waals surface area contributed by atoms with E-state index in [4.69, 9.17) is 5.73 Å². The van der Waals surface area contributed by atoms with Crippen LogP contribution in [0.25, 0.3) is 0 Å². The fourth-order valence-electron chi connectivity index (χ4n) is 2.59. The molecule has 2 amide bonds. The summed E-state index contributed by atoms with van der Waals surface area (Å²) >= 11 is 0. The van der Waals surface area contributed by atoms with E-state index in [-0.39, 0.29) is 17.9 Å². The number of hydrogen-bond donors (Lipinski definition) is 1. The third-order valence-corrected chi connectivity index (χ3v) is 3.66. The molecule has 1 aliphatic rings. The molecule has 0 saturated heterocycles. The van der Waals surface area contributed by atoms with Gasteiger partial charge in [-0.05, 0) is 30.7 Å². The van der Waals surface area contributed by atoms with E-state index >= 15 is 0 Å². The van der Waals surface area contributed by atoms with Crippen molar-refractivity contribution in [2.45, 2.75) is 13.0 Å². The molecule has 2 aromatic rings. The fourth-order valence-corrected chi connectivity index (χ4v) is 2.59. The average molecular weight is 266 g/mol. The van der Waals surface area contributed by atoms with E-state index in [1.165, 1.54) is 4.90 Å². The maximum Gasteiger partial charge on any atom is 0.262 e. The Bertz CT molecular complexity index is 674. The first kappa shape index (κ1) is 12.4. The Kier molecular flexibility index (Phi) is 2.79. The molecule has 4 heteroatoms. The molecule has 0 aromatic heterocycles. The lowest BCUT2D eigenvalue weighted by Gasteiger charge is -2.23. The largest absolute Gasteiger partial charge is 0.398 e. The zero-order chi connectivity index (χ0) is 14.3. The van der Waals surface area contributed by atoms with Crippen molar-refractivity contribution in [3.63, 3.8) is 0 Å². The molecule has 0 saturated carbocycles. The molecule has 100 valence electrons. The molecule has 0 fully saturated rings. The van der Waals surface area contributed by atoms with Crippen molar-refractivity contribution in [1.29, 1.82) is 0 Å². The summed E-state index contributed by atoms with van der Waals surface area (Å²) in [5.74, 6) is -0.525. The monoisotopic (exact) mass is 266 g/mol. The molecule has 1 unspecified atom stereocenters. The molecule has 2 aromatic carbocycles. The highest BCUT2D eigenvalue weighted by atomic mass is 16.2. The molecule has 1 heterocycles. The number of nitrogens with zero attached hydrogens (tertiary/aromatic N) is 1. The van der Waals surface area contributed by atoms with Gasteiger partial charge in [-0.1, -0.05) is 30.3 Å². The predicted molar refractivity (Wildman–Crippen MR) is 76.2 cm³/mol. The van der Waals surface area contributed by atoms with Gasteiger partial charge in [0, 0.05) is 5.69 Å². The molecule has 4 nitrogen and oxygen atoms in total. The minimum absolute atomic E-state index is 0.263. The fraction of sp³-hybridized carbons (Fsp3) is 0.125. The van der Waals surface area contributed by atoms with Gasteiger partial charge in [-0.3, -0.25) is 14.5 Å². The van der Waals surface area contributed by atoms with Crippen LogP contribution in [0.3, 0.4) is 0 Å². The number of amides is 2. The summed E-state index contributed by atoms with van der Waals surface area (Å²) in [6.45, 7) is 1.81. The first-order valence-corrected chi connectivity index (χ1v) is 6.42. The van der Waals surface area contributed by atoms with Crippen LogP contribution in [0.15, 0.2) is 48.5 Å². The van der Waals surface area contributed by atoms with Gasteiger partial charge >= 0.3 is 0 Å². The van der Waals surface area contributed by atoms with Crippen LogP contribution >= 0.6 is 0 Å². The molecule has 1 atom stereocenters. The quantitative estimate of drug-likeness (QED) is 0.671. The molecule has 0 bridgehead atoms. The topological polar surface area (TPSA) is 63.4 Å². The van der Waals surface area contributed by atoms with Gasteiger partial charge in [0.15, 0.2) is 0 Å². The molecule has 20 heavy (non-hydrogen) atoms. The van der Waals surface area contributed by atoms with Crippen LogP contribution < -0.4 is 5.73 Å². The first-order valence-electron chi connectivity index (χ1n) is 6.42. The van der Waals surface area contributed by atoms with Gasteiger partial charge in [0.25, 0.3) is 11.8 Å². The number of imide groups is 1. The third-order valence-electron chi connectivity index (χ3n) is 3.66. The molecule has 0 radical (unpaired) electrons. The predicted octanol–water partition coefficient (Wildman–Crippen LogP) is 2.63. The molecule has 2 N–H and O–H groups in total. The molecule has 0 aliphatic carbocycles. The normalized spacial score (nSPS) is 15.3. The van der Waals surface area contributed by atoms with Gasteiger partial charge in [0.2, 0.25) is 0 Å². The van der Waals surface area contributed by atoms with E-state index < -0.39 is 0 Å². The molecular formula is C16H14N2O2. The van der Waals surface area contributed by atoms with Crippen LogP contribution in [-0.4, -0.2) is 16.7 Å². The molecule has 1 aliphatic heterocycles. The number of nitrogens with two attached hydrogens (primary N) is 1. The average Bonchev–Trinajstić information content (AvgIpc) is 2.71. The van der Waals surface area contributed by atoms with E-state index in [1.807, 2.05) is 25.1 Å². The van der Waals surface area contributed by atoms with Crippen molar-refractivity contribution in [3.05, 3.63) is 65.2 Å². The second kappa shape index (κ2) is 4.49. The van der Waals surface area contributed by atoms with Crippen molar-refractivity contribution >= 4 is 17.5 Å². The third kappa shape index (κ3) is 1.69. The van der Waals surface area contributed by atoms with E-state index in [1.54, 1.807) is 30.3 Å². The van der Waals surface area contributed by atoms with Gasteiger partial charge in [0.1, 0.15) is 0 Å².